The van der Waals surface area contributed by atoms with Gasteiger partial charge in [0, 0.05) is 19.7 Å². The van der Waals surface area contributed by atoms with Crippen molar-refractivity contribution in [2.45, 2.75) is 20.4 Å². The Labute approximate surface area is 140 Å². The second-order valence-electron chi connectivity index (χ2n) is 5.42. The molecule has 0 unspecified atom stereocenters. The molecule has 24 heavy (non-hydrogen) atoms. The van der Waals surface area contributed by atoms with Crippen molar-refractivity contribution in [2.75, 3.05) is 23.3 Å². The molecule has 1 aromatic heterocycles. The second kappa shape index (κ2) is 6.87. The van der Waals surface area contributed by atoms with Crippen molar-refractivity contribution >= 4 is 27.4 Å². The van der Waals surface area contributed by atoms with Crippen LogP contribution in [0.15, 0.2) is 22.7 Å². The van der Waals surface area contributed by atoms with Crippen LogP contribution < -0.4 is 10.0 Å². The first-order valence-corrected chi connectivity index (χ1v) is 8.93. The van der Waals surface area contributed by atoms with E-state index in [0.29, 0.717) is 23.1 Å². The standard InChI is InChI=1S/C14H19N5O4S/c1-9-5-6-11(18-24(4,21)22)7-12(9)16-14(20)19(3)8-13-15-10(2)23-17-13/h5-7,18H,8H2,1-4H3,(H,16,20). The molecule has 0 radical (unpaired) electrons. The van der Waals surface area contributed by atoms with Crippen LogP contribution >= 0.6 is 0 Å². The van der Waals surface area contributed by atoms with Crippen molar-refractivity contribution in [2.24, 2.45) is 0 Å². The van der Waals surface area contributed by atoms with E-state index in [2.05, 4.69) is 20.2 Å². The van der Waals surface area contributed by atoms with Gasteiger partial charge in [0.05, 0.1) is 18.5 Å². The van der Waals surface area contributed by atoms with Crippen LogP contribution in [0.2, 0.25) is 0 Å². The van der Waals surface area contributed by atoms with Gasteiger partial charge in [0.15, 0.2) is 5.82 Å². The molecule has 0 fully saturated rings. The Balaban J connectivity index is 2.08. The van der Waals surface area contributed by atoms with Crippen molar-refractivity contribution in [3.05, 3.63) is 35.5 Å². The fourth-order valence-corrected chi connectivity index (χ4v) is 2.49. The van der Waals surface area contributed by atoms with E-state index in [9.17, 15) is 13.2 Å². The van der Waals surface area contributed by atoms with Crippen LogP contribution in [0.5, 0.6) is 0 Å². The van der Waals surface area contributed by atoms with E-state index in [1.165, 1.54) is 4.90 Å². The molecule has 0 aliphatic rings. The van der Waals surface area contributed by atoms with Crippen molar-refractivity contribution in [1.29, 1.82) is 0 Å². The molecule has 1 heterocycles. The first-order chi connectivity index (χ1) is 11.1. The van der Waals surface area contributed by atoms with Gasteiger partial charge in [-0.25, -0.2) is 13.2 Å². The number of hydrogen-bond donors (Lipinski definition) is 2. The predicted molar refractivity (Wildman–Crippen MR) is 89.2 cm³/mol. The summed E-state index contributed by atoms with van der Waals surface area (Å²) in [4.78, 5) is 17.7. The van der Waals surface area contributed by atoms with Crippen LogP contribution in [0, 0.1) is 13.8 Å². The van der Waals surface area contributed by atoms with Crippen LogP contribution in [-0.4, -0.2) is 42.8 Å². The van der Waals surface area contributed by atoms with Gasteiger partial charge < -0.3 is 14.7 Å². The molecule has 2 amide bonds. The maximum absolute atomic E-state index is 12.3. The quantitative estimate of drug-likeness (QED) is 0.845. The van der Waals surface area contributed by atoms with Crippen LogP contribution in [0.4, 0.5) is 16.2 Å². The highest BCUT2D eigenvalue weighted by Crippen LogP contribution is 2.21. The number of anilines is 2. The molecule has 0 aliphatic carbocycles. The van der Waals surface area contributed by atoms with Crippen molar-refractivity contribution in [1.82, 2.24) is 15.0 Å². The van der Waals surface area contributed by atoms with Crippen LogP contribution in [0.25, 0.3) is 0 Å². The number of carbonyl (C=O) groups excluding carboxylic acids is 1. The molecule has 0 atom stereocenters. The van der Waals surface area contributed by atoms with Gasteiger partial charge >= 0.3 is 6.03 Å². The summed E-state index contributed by atoms with van der Waals surface area (Å²) in [5.74, 6) is 0.823. The third kappa shape index (κ3) is 4.95. The average Bonchev–Trinajstić information content (AvgIpc) is 2.86. The maximum Gasteiger partial charge on any atom is 0.322 e. The fraction of sp³-hybridized carbons (Fsp3) is 0.357. The molecule has 130 valence electrons. The molecule has 2 rings (SSSR count). The Morgan fingerprint density at radius 2 is 2.04 bits per heavy atom. The summed E-state index contributed by atoms with van der Waals surface area (Å²) in [7, 11) is -1.80. The van der Waals surface area contributed by atoms with Gasteiger partial charge in [0.2, 0.25) is 15.9 Å². The largest absolute Gasteiger partial charge is 0.340 e. The van der Waals surface area contributed by atoms with Crippen LogP contribution in [-0.2, 0) is 16.6 Å². The predicted octanol–water partition coefficient (Wildman–Crippen LogP) is 1.72. The van der Waals surface area contributed by atoms with E-state index in [-0.39, 0.29) is 12.6 Å². The normalized spacial score (nSPS) is 11.2. The molecular weight excluding hydrogens is 334 g/mol. The first-order valence-electron chi connectivity index (χ1n) is 7.04. The molecule has 0 saturated carbocycles. The smallest absolute Gasteiger partial charge is 0.322 e. The van der Waals surface area contributed by atoms with E-state index in [0.717, 1.165) is 11.8 Å². The number of amides is 2. The number of urea groups is 1. The number of nitrogens with one attached hydrogen (secondary N) is 2. The Kier molecular flexibility index (Phi) is 5.07. The average molecular weight is 353 g/mol. The molecule has 0 bridgehead atoms. The summed E-state index contributed by atoms with van der Waals surface area (Å²) in [5, 5.41) is 6.46. The molecule has 0 saturated heterocycles. The number of aryl methyl sites for hydroxylation is 2. The molecule has 2 aromatic rings. The van der Waals surface area contributed by atoms with Gasteiger partial charge in [0.1, 0.15) is 0 Å². The Morgan fingerprint density at radius 3 is 2.62 bits per heavy atom. The molecule has 1 aromatic carbocycles. The lowest BCUT2D eigenvalue weighted by Crippen LogP contribution is -2.31. The molecule has 0 spiro atoms. The van der Waals surface area contributed by atoms with Gasteiger partial charge in [0.25, 0.3) is 0 Å². The monoisotopic (exact) mass is 353 g/mol. The van der Waals surface area contributed by atoms with Gasteiger partial charge in [-0.2, -0.15) is 4.98 Å². The van der Waals surface area contributed by atoms with E-state index in [4.69, 9.17) is 4.52 Å². The highest BCUT2D eigenvalue weighted by molar-refractivity contribution is 7.92. The minimum atomic E-state index is -3.39. The zero-order valence-corrected chi connectivity index (χ0v) is 14.6. The van der Waals surface area contributed by atoms with Gasteiger partial charge in [-0.1, -0.05) is 11.2 Å². The SMILES string of the molecule is Cc1nc(CN(C)C(=O)Nc2cc(NS(C)(=O)=O)ccc2C)no1. The lowest BCUT2D eigenvalue weighted by atomic mass is 10.2. The summed E-state index contributed by atoms with van der Waals surface area (Å²) < 4.78 is 29.8. The minimum Gasteiger partial charge on any atom is -0.340 e. The lowest BCUT2D eigenvalue weighted by Gasteiger charge is -2.17. The Morgan fingerprint density at radius 1 is 1.33 bits per heavy atom. The van der Waals surface area contributed by atoms with E-state index < -0.39 is 10.0 Å². The summed E-state index contributed by atoms with van der Waals surface area (Å²) in [6, 6.07) is 4.52. The second-order valence-corrected chi connectivity index (χ2v) is 7.17. The van der Waals surface area contributed by atoms with Gasteiger partial charge in [-0.05, 0) is 24.6 Å². The zero-order chi connectivity index (χ0) is 17.9. The first kappa shape index (κ1) is 17.7. The molecule has 10 heteroatoms. The Bertz CT molecular complexity index is 847. The number of carbonyl (C=O) groups is 1. The van der Waals surface area contributed by atoms with Crippen molar-refractivity contribution < 1.29 is 17.7 Å². The topological polar surface area (TPSA) is 117 Å². The van der Waals surface area contributed by atoms with E-state index in [1.54, 1.807) is 32.2 Å². The highest BCUT2D eigenvalue weighted by atomic mass is 32.2. The summed E-state index contributed by atoms with van der Waals surface area (Å²) >= 11 is 0. The molecular formula is C14H19N5O4S. The highest BCUT2D eigenvalue weighted by Gasteiger charge is 2.14. The van der Waals surface area contributed by atoms with Crippen molar-refractivity contribution in [3.63, 3.8) is 0 Å². The lowest BCUT2D eigenvalue weighted by molar-refractivity contribution is 0.219. The van der Waals surface area contributed by atoms with Crippen molar-refractivity contribution in [3.8, 4) is 0 Å². The number of sulfonamides is 1. The maximum atomic E-state index is 12.3. The fourth-order valence-electron chi connectivity index (χ4n) is 1.93. The number of rotatable bonds is 5. The van der Waals surface area contributed by atoms with Gasteiger partial charge in [-0.15, -0.1) is 0 Å². The molecule has 0 aliphatic heterocycles. The summed E-state index contributed by atoms with van der Waals surface area (Å²) in [6.45, 7) is 3.66. The number of nitrogens with zero attached hydrogens (tertiary/aromatic N) is 3. The number of benzene rings is 1. The summed E-state index contributed by atoms with van der Waals surface area (Å²) in [6.07, 6.45) is 1.06. The molecule has 2 N–H and O–H groups in total. The van der Waals surface area contributed by atoms with E-state index in [1.807, 2.05) is 6.92 Å². The van der Waals surface area contributed by atoms with Crippen LogP contribution in [0.1, 0.15) is 17.3 Å². The summed E-state index contributed by atoms with van der Waals surface area (Å²) in [5.41, 5.74) is 1.67. The van der Waals surface area contributed by atoms with E-state index >= 15 is 0 Å². The number of hydrogen-bond acceptors (Lipinski definition) is 6. The third-order valence-electron chi connectivity index (χ3n) is 3.08. The third-order valence-corrected chi connectivity index (χ3v) is 3.68. The van der Waals surface area contributed by atoms with Crippen LogP contribution in [0.3, 0.4) is 0 Å². The van der Waals surface area contributed by atoms with Gasteiger partial charge in [-0.3, -0.25) is 4.72 Å². The Hall–Kier alpha value is -2.62. The molecule has 9 nitrogen and oxygen atoms in total. The zero-order valence-electron chi connectivity index (χ0n) is 13.8. The number of aromatic nitrogens is 2. The minimum absolute atomic E-state index is 0.184.